The van der Waals surface area contributed by atoms with Gasteiger partial charge in [0, 0.05) is 26.0 Å². The molecule has 9 nitrogen and oxygen atoms in total. The first kappa shape index (κ1) is 23.7. The molecular weight excluding hydrogens is 440 g/mol. The molecule has 2 unspecified atom stereocenters. The highest BCUT2D eigenvalue weighted by atomic mass is 16.7. The molecule has 2 aromatic rings. The standard InChI is InChI=1S/C25H28N2O7/c1-32-21(23(28)27-34-22(24(29)30)15-10-11-15)12-13-26-25(31)33-14-20-18-8-4-2-6-16(18)17-7-3-5-9-19(17)20/h2-9,15,20-22H,10-14H2,1H3,(H,26,31)(H,27,28)(H,29,30). The zero-order chi connectivity index (χ0) is 24.1. The number of rotatable bonds is 11. The maximum Gasteiger partial charge on any atom is 0.407 e. The summed E-state index contributed by atoms with van der Waals surface area (Å²) in [7, 11) is 1.35. The van der Waals surface area contributed by atoms with Crippen LogP contribution in [0.1, 0.15) is 36.3 Å². The third kappa shape index (κ3) is 5.37. The largest absolute Gasteiger partial charge is 0.479 e. The summed E-state index contributed by atoms with van der Waals surface area (Å²) in [4.78, 5) is 40.8. The number of aliphatic carboxylic acids is 1. The lowest BCUT2D eigenvalue weighted by Crippen LogP contribution is -2.42. The molecule has 0 saturated heterocycles. The second-order valence-electron chi connectivity index (χ2n) is 8.45. The van der Waals surface area contributed by atoms with Crippen LogP contribution < -0.4 is 10.8 Å². The van der Waals surface area contributed by atoms with Crippen molar-refractivity contribution in [1.29, 1.82) is 0 Å². The molecule has 34 heavy (non-hydrogen) atoms. The maximum atomic E-state index is 12.3. The lowest BCUT2D eigenvalue weighted by molar-refractivity contribution is -0.166. The van der Waals surface area contributed by atoms with E-state index in [2.05, 4.69) is 22.9 Å². The Bertz CT molecular complexity index is 1010. The molecule has 0 bridgehead atoms. The van der Waals surface area contributed by atoms with Gasteiger partial charge in [-0.05, 0) is 41.0 Å². The van der Waals surface area contributed by atoms with Gasteiger partial charge in [0.15, 0.2) is 6.10 Å². The van der Waals surface area contributed by atoms with Crippen molar-refractivity contribution in [2.45, 2.75) is 37.4 Å². The summed E-state index contributed by atoms with van der Waals surface area (Å²) >= 11 is 0. The molecule has 2 aliphatic carbocycles. The van der Waals surface area contributed by atoms with Crippen LogP contribution in [0.15, 0.2) is 48.5 Å². The van der Waals surface area contributed by atoms with E-state index in [4.69, 9.17) is 19.4 Å². The number of hydrogen-bond donors (Lipinski definition) is 3. The predicted molar refractivity (Wildman–Crippen MR) is 122 cm³/mol. The van der Waals surface area contributed by atoms with E-state index in [1.165, 1.54) is 7.11 Å². The number of alkyl carbamates (subject to hydrolysis) is 1. The van der Waals surface area contributed by atoms with E-state index < -0.39 is 30.2 Å². The highest BCUT2D eigenvalue weighted by Crippen LogP contribution is 2.44. The van der Waals surface area contributed by atoms with Crippen molar-refractivity contribution in [2.24, 2.45) is 5.92 Å². The molecule has 3 N–H and O–H groups in total. The number of carbonyl (C=O) groups is 3. The molecule has 0 heterocycles. The minimum absolute atomic E-state index is 0.0403. The number of ether oxygens (including phenoxy) is 2. The monoisotopic (exact) mass is 468 g/mol. The molecule has 2 aromatic carbocycles. The first-order valence-corrected chi connectivity index (χ1v) is 11.3. The Morgan fingerprint density at radius 2 is 1.65 bits per heavy atom. The van der Waals surface area contributed by atoms with E-state index in [1.807, 2.05) is 36.4 Å². The highest BCUT2D eigenvalue weighted by Gasteiger charge is 2.38. The van der Waals surface area contributed by atoms with Gasteiger partial charge in [-0.2, -0.15) is 0 Å². The van der Waals surface area contributed by atoms with Crippen molar-refractivity contribution in [3.63, 3.8) is 0 Å². The van der Waals surface area contributed by atoms with Crippen LogP contribution in [-0.4, -0.2) is 55.5 Å². The quantitative estimate of drug-likeness (QED) is 0.433. The second-order valence-corrected chi connectivity index (χ2v) is 8.45. The van der Waals surface area contributed by atoms with Crippen LogP contribution in [0.4, 0.5) is 4.79 Å². The topological polar surface area (TPSA) is 123 Å². The van der Waals surface area contributed by atoms with E-state index in [1.54, 1.807) is 0 Å². The molecule has 0 aliphatic heterocycles. The van der Waals surface area contributed by atoms with Crippen molar-refractivity contribution < 1.29 is 33.8 Å². The van der Waals surface area contributed by atoms with Gasteiger partial charge in [0.1, 0.15) is 12.7 Å². The Morgan fingerprint density at radius 1 is 1.03 bits per heavy atom. The number of carbonyl (C=O) groups excluding carboxylic acids is 2. The number of hydroxylamine groups is 1. The van der Waals surface area contributed by atoms with Crippen molar-refractivity contribution in [3.8, 4) is 11.1 Å². The summed E-state index contributed by atoms with van der Waals surface area (Å²) < 4.78 is 10.6. The number of amides is 2. The number of methoxy groups -OCH3 is 1. The van der Waals surface area contributed by atoms with Gasteiger partial charge >= 0.3 is 12.1 Å². The minimum Gasteiger partial charge on any atom is -0.479 e. The fourth-order valence-electron chi connectivity index (χ4n) is 4.25. The zero-order valence-corrected chi connectivity index (χ0v) is 18.9. The molecule has 0 radical (unpaired) electrons. The molecule has 2 atom stereocenters. The Hall–Kier alpha value is -3.43. The van der Waals surface area contributed by atoms with Crippen molar-refractivity contribution in [3.05, 3.63) is 59.7 Å². The molecule has 0 spiro atoms. The van der Waals surface area contributed by atoms with E-state index >= 15 is 0 Å². The summed E-state index contributed by atoms with van der Waals surface area (Å²) in [6.07, 6.45) is -0.900. The highest BCUT2D eigenvalue weighted by molar-refractivity contribution is 5.81. The Morgan fingerprint density at radius 3 is 2.21 bits per heavy atom. The average Bonchev–Trinajstić information content (AvgIpc) is 3.62. The molecule has 180 valence electrons. The summed E-state index contributed by atoms with van der Waals surface area (Å²) in [5.41, 5.74) is 6.71. The van der Waals surface area contributed by atoms with Crippen LogP contribution in [-0.2, 0) is 23.9 Å². The molecule has 2 amide bonds. The van der Waals surface area contributed by atoms with E-state index in [0.717, 1.165) is 35.1 Å². The third-order valence-corrected chi connectivity index (χ3v) is 6.18. The summed E-state index contributed by atoms with van der Waals surface area (Å²) in [6.45, 7) is 0.327. The van der Waals surface area contributed by atoms with E-state index in [9.17, 15) is 14.4 Å². The van der Waals surface area contributed by atoms with Gasteiger partial charge in [-0.15, -0.1) is 0 Å². The van der Waals surface area contributed by atoms with E-state index in [0.29, 0.717) is 0 Å². The fraction of sp³-hybridized carbons (Fsp3) is 0.400. The number of fused-ring (bicyclic) bond motifs is 3. The average molecular weight is 469 g/mol. The smallest absolute Gasteiger partial charge is 0.407 e. The van der Waals surface area contributed by atoms with Crippen LogP contribution in [0.5, 0.6) is 0 Å². The Balaban J connectivity index is 1.22. The molecule has 0 aromatic heterocycles. The van der Waals surface area contributed by atoms with Gasteiger partial charge in [0.2, 0.25) is 0 Å². The molecule has 4 rings (SSSR count). The van der Waals surface area contributed by atoms with Crippen LogP contribution in [0.25, 0.3) is 11.1 Å². The lowest BCUT2D eigenvalue weighted by atomic mass is 9.98. The second kappa shape index (κ2) is 10.7. The number of nitrogens with one attached hydrogen (secondary N) is 2. The van der Waals surface area contributed by atoms with Crippen LogP contribution in [0, 0.1) is 5.92 Å². The molecule has 9 heteroatoms. The first-order chi connectivity index (χ1) is 16.5. The van der Waals surface area contributed by atoms with Crippen LogP contribution in [0.3, 0.4) is 0 Å². The summed E-state index contributed by atoms with van der Waals surface area (Å²) in [6, 6.07) is 16.2. The summed E-state index contributed by atoms with van der Waals surface area (Å²) in [5, 5.41) is 11.8. The first-order valence-electron chi connectivity index (χ1n) is 11.3. The van der Waals surface area contributed by atoms with Crippen molar-refractivity contribution in [1.82, 2.24) is 10.8 Å². The number of hydrogen-bond acceptors (Lipinski definition) is 6. The van der Waals surface area contributed by atoms with Crippen LogP contribution in [0.2, 0.25) is 0 Å². The van der Waals surface area contributed by atoms with Crippen molar-refractivity contribution >= 4 is 18.0 Å². The van der Waals surface area contributed by atoms with Gasteiger partial charge in [0.25, 0.3) is 5.91 Å². The van der Waals surface area contributed by atoms with Crippen LogP contribution >= 0.6 is 0 Å². The Kier molecular flexibility index (Phi) is 7.44. The van der Waals surface area contributed by atoms with Gasteiger partial charge in [0.05, 0.1) is 0 Å². The summed E-state index contributed by atoms with van der Waals surface area (Å²) in [5.74, 6) is -1.85. The number of benzene rings is 2. The van der Waals surface area contributed by atoms with E-state index in [-0.39, 0.29) is 31.4 Å². The normalized spacial score (nSPS) is 16.1. The molecular formula is C25H28N2O7. The molecule has 2 aliphatic rings. The fourth-order valence-corrected chi connectivity index (χ4v) is 4.25. The third-order valence-electron chi connectivity index (χ3n) is 6.18. The molecule has 1 fully saturated rings. The number of carboxylic acid groups (broad SMARTS) is 1. The Labute approximate surface area is 197 Å². The maximum absolute atomic E-state index is 12.3. The molecule has 1 saturated carbocycles. The van der Waals surface area contributed by atoms with Gasteiger partial charge in [-0.25, -0.2) is 15.1 Å². The zero-order valence-electron chi connectivity index (χ0n) is 18.9. The number of carboxylic acids is 1. The predicted octanol–water partition coefficient (Wildman–Crippen LogP) is 2.84. The van der Waals surface area contributed by atoms with Gasteiger partial charge in [-0.3, -0.25) is 9.63 Å². The SMILES string of the molecule is COC(CCNC(=O)OCC1c2ccccc2-c2ccccc21)C(=O)NOC(C(=O)O)C1CC1. The van der Waals surface area contributed by atoms with Crippen molar-refractivity contribution in [2.75, 3.05) is 20.3 Å². The van der Waals surface area contributed by atoms with Gasteiger partial charge in [-0.1, -0.05) is 48.5 Å². The lowest BCUT2D eigenvalue weighted by Gasteiger charge is -2.18. The van der Waals surface area contributed by atoms with Gasteiger partial charge < -0.3 is 19.9 Å². The minimum atomic E-state index is -1.12.